The summed E-state index contributed by atoms with van der Waals surface area (Å²) in [5.41, 5.74) is 5.54. The lowest BCUT2D eigenvalue weighted by atomic mass is 9.98. The van der Waals surface area contributed by atoms with Crippen LogP contribution < -0.4 is 11.1 Å². The van der Waals surface area contributed by atoms with Crippen LogP contribution in [0, 0.1) is 0 Å². The number of nitrogens with two attached hydrogens (primary N) is 1. The van der Waals surface area contributed by atoms with E-state index in [0.717, 1.165) is 71.4 Å². The molecule has 1 saturated heterocycles. The van der Waals surface area contributed by atoms with Crippen LogP contribution in [-0.2, 0) is 4.79 Å². The highest BCUT2D eigenvalue weighted by Gasteiger charge is 2.36. The molecular weight excluding hydrogens is 240 g/mol. The maximum atomic E-state index is 12.0. The Hall–Kier alpha value is -0.650. The molecule has 3 N–H and O–H groups in total. The van der Waals surface area contributed by atoms with Crippen LogP contribution in [0.15, 0.2) is 0 Å². The molecule has 1 aliphatic heterocycles. The minimum atomic E-state index is -0.576. The minimum Gasteiger partial charge on any atom is -0.354 e. The van der Waals surface area contributed by atoms with Crippen molar-refractivity contribution < 1.29 is 4.79 Å². The second-order valence-electron chi connectivity index (χ2n) is 6.12. The van der Waals surface area contributed by atoms with Crippen LogP contribution in [0.3, 0.4) is 0 Å². The average molecular weight is 268 g/mol. The zero-order valence-corrected chi connectivity index (χ0v) is 12.2. The lowest BCUT2D eigenvalue weighted by Crippen LogP contribution is -2.52. The zero-order valence-electron chi connectivity index (χ0n) is 12.2. The number of nitrogens with one attached hydrogen (secondary N) is 1. The summed E-state index contributed by atoms with van der Waals surface area (Å²) in [6.07, 6.45) is 4.89. The monoisotopic (exact) mass is 268 g/mol. The molecule has 2 aliphatic rings. The number of rotatable bonds is 5. The van der Waals surface area contributed by atoms with Crippen molar-refractivity contribution in [3.63, 3.8) is 0 Å². The molecule has 1 amide bonds. The highest BCUT2D eigenvalue weighted by Crippen LogP contribution is 2.27. The molecule has 5 heteroatoms. The summed E-state index contributed by atoms with van der Waals surface area (Å²) < 4.78 is 0. The van der Waals surface area contributed by atoms with E-state index in [1.54, 1.807) is 0 Å². The van der Waals surface area contributed by atoms with Crippen molar-refractivity contribution in [3.8, 4) is 0 Å². The smallest absolute Gasteiger partial charge is 0.240 e. The molecule has 0 aromatic heterocycles. The number of nitrogens with zero attached hydrogens (tertiary/aromatic N) is 2. The van der Waals surface area contributed by atoms with Crippen LogP contribution >= 0.6 is 0 Å². The molecule has 2 fully saturated rings. The standard InChI is InChI=1S/C14H28N4O/c1-17-9-11-18(12-10-17)8-4-7-16-13(19)14(15)5-2-3-6-14/h2-12,15H2,1H3,(H,16,19). The Bertz CT molecular complexity index is 294. The summed E-state index contributed by atoms with van der Waals surface area (Å²) in [5, 5.41) is 3.01. The van der Waals surface area contributed by atoms with Gasteiger partial charge in [0.05, 0.1) is 5.54 Å². The molecule has 0 spiro atoms. The first-order valence-electron chi connectivity index (χ1n) is 7.58. The van der Waals surface area contributed by atoms with Gasteiger partial charge in [-0.05, 0) is 32.9 Å². The van der Waals surface area contributed by atoms with E-state index in [0.29, 0.717) is 0 Å². The molecule has 0 bridgehead atoms. The first kappa shape index (κ1) is 14.8. The van der Waals surface area contributed by atoms with Crippen LogP contribution in [0.2, 0.25) is 0 Å². The fourth-order valence-electron chi connectivity index (χ4n) is 2.99. The van der Waals surface area contributed by atoms with E-state index >= 15 is 0 Å². The third kappa shape index (κ3) is 4.16. The molecule has 0 aromatic carbocycles. The highest BCUT2D eigenvalue weighted by molar-refractivity contribution is 5.86. The molecule has 2 rings (SSSR count). The van der Waals surface area contributed by atoms with E-state index < -0.39 is 5.54 Å². The van der Waals surface area contributed by atoms with E-state index in [-0.39, 0.29) is 5.91 Å². The summed E-state index contributed by atoms with van der Waals surface area (Å²) in [6.45, 7) is 6.42. The summed E-state index contributed by atoms with van der Waals surface area (Å²) >= 11 is 0. The van der Waals surface area contributed by atoms with E-state index in [1.165, 1.54) is 0 Å². The fourth-order valence-corrected chi connectivity index (χ4v) is 2.99. The van der Waals surface area contributed by atoms with Crippen molar-refractivity contribution >= 4 is 5.91 Å². The quantitative estimate of drug-likeness (QED) is 0.690. The van der Waals surface area contributed by atoms with Gasteiger partial charge in [-0.15, -0.1) is 0 Å². The van der Waals surface area contributed by atoms with Gasteiger partial charge in [0.25, 0.3) is 0 Å². The molecule has 19 heavy (non-hydrogen) atoms. The largest absolute Gasteiger partial charge is 0.354 e. The first-order valence-corrected chi connectivity index (χ1v) is 7.58. The van der Waals surface area contributed by atoms with E-state index in [4.69, 9.17) is 5.73 Å². The van der Waals surface area contributed by atoms with Gasteiger partial charge in [0.15, 0.2) is 0 Å². The number of likely N-dealkylation sites (N-methyl/N-ethyl adjacent to an activating group) is 1. The van der Waals surface area contributed by atoms with Crippen molar-refractivity contribution in [2.24, 2.45) is 5.73 Å². The van der Waals surface area contributed by atoms with Crippen molar-refractivity contribution in [2.75, 3.05) is 46.3 Å². The summed E-state index contributed by atoms with van der Waals surface area (Å²) in [6, 6.07) is 0. The molecule has 1 aliphatic carbocycles. The molecule has 1 heterocycles. The maximum absolute atomic E-state index is 12.0. The van der Waals surface area contributed by atoms with Crippen molar-refractivity contribution in [1.29, 1.82) is 0 Å². The van der Waals surface area contributed by atoms with Crippen LogP contribution in [0.4, 0.5) is 0 Å². The average Bonchev–Trinajstić information content (AvgIpc) is 2.85. The van der Waals surface area contributed by atoms with Crippen LogP contribution in [0.5, 0.6) is 0 Å². The predicted octanol–water partition coefficient (Wildman–Crippen LogP) is 0.0116. The Morgan fingerprint density at radius 3 is 2.47 bits per heavy atom. The Labute approximate surface area is 116 Å². The lowest BCUT2D eigenvalue weighted by Gasteiger charge is -2.32. The summed E-state index contributed by atoms with van der Waals surface area (Å²) in [7, 11) is 2.17. The second kappa shape index (κ2) is 6.68. The number of carbonyl (C=O) groups is 1. The third-order valence-corrected chi connectivity index (χ3v) is 4.48. The Morgan fingerprint density at radius 2 is 1.84 bits per heavy atom. The van der Waals surface area contributed by atoms with Gasteiger partial charge in [0.2, 0.25) is 5.91 Å². The van der Waals surface area contributed by atoms with Gasteiger partial charge in [-0.2, -0.15) is 0 Å². The van der Waals surface area contributed by atoms with Gasteiger partial charge < -0.3 is 20.9 Å². The fraction of sp³-hybridized carbons (Fsp3) is 0.929. The van der Waals surface area contributed by atoms with Crippen LogP contribution in [-0.4, -0.2) is 67.6 Å². The predicted molar refractivity (Wildman–Crippen MR) is 77.0 cm³/mol. The van der Waals surface area contributed by atoms with E-state index in [1.807, 2.05) is 0 Å². The highest BCUT2D eigenvalue weighted by atomic mass is 16.2. The van der Waals surface area contributed by atoms with E-state index in [2.05, 4.69) is 22.2 Å². The first-order chi connectivity index (χ1) is 9.10. The van der Waals surface area contributed by atoms with Crippen LogP contribution in [0.25, 0.3) is 0 Å². The SMILES string of the molecule is CN1CCN(CCCNC(=O)C2(N)CCCC2)CC1. The Balaban J connectivity index is 1.58. The van der Waals surface area contributed by atoms with Gasteiger partial charge in [0, 0.05) is 32.7 Å². The van der Waals surface area contributed by atoms with Crippen LogP contribution in [0.1, 0.15) is 32.1 Å². The van der Waals surface area contributed by atoms with Gasteiger partial charge in [-0.25, -0.2) is 0 Å². The number of carbonyl (C=O) groups excluding carboxylic acids is 1. The molecule has 0 unspecified atom stereocenters. The van der Waals surface area contributed by atoms with Crippen molar-refractivity contribution in [3.05, 3.63) is 0 Å². The molecule has 0 radical (unpaired) electrons. The molecule has 1 saturated carbocycles. The Morgan fingerprint density at radius 1 is 1.21 bits per heavy atom. The number of amides is 1. The maximum Gasteiger partial charge on any atom is 0.240 e. The minimum absolute atomic E-state index is 0.0587. The van der Waals surface area contributed by atoms with Crippen molar-refractivity contribution in [2.45, 2.75) is 37.6 Å². The second-order valence-corrected chi connectivity index (χ2v) is 6.12. The molecule has 0 atom stereocenters. The topological polar surface area (TPSA) is 61.6 Å². The molecule has 5 nitrogen and oxygen atoms in total. The lowest BCUT2D eigenvalue weighted by molar-refractivity contribution is -0.126. The third-order valence-electron chi connectivity index (χ3n) is 4.48. The molecule has 110 valence electrons. The number of hydrogen-bond donors (Lipinski definition) is 2. The van der Waals surface area contributed by atoms with Gasteiger partial charge in [-0.1, -0.05) is 12.8 Å². The normalized spacial score (nSPS) is 24.5. The van der Waals surface area contributed by atoms with Crippen molar-refractivity contribution in [1.82, 2.24) is 15.1 Å². The van der Waals surface area contributed by atoms with Gasteiger partial charge >= 0.3 is 0 Å². The molecular formula is C14H28N4O. The van der Waals surface area contributed by atoms with Gasteiger partial charge in [-0.3, -0.25) is 4.79 Å². The zero-order chi connectivity index (χ0) is 13.7. The summed E-state index contributed by atoms with van der Waals surface area (Å²) in [5.74, 6) is 0.0587. The Kier molecular flexibility index (Phi) is 5.19. The van der Waals surface area contributed by atoms with E-state index in [9.17, 15) is 4.79 Å². The number of piperazine rings is 1. The number of hydrogen-bond acceptors (Lipinski definition) is 4. The molecule has 0 aromatic rings. The summed E-state index contributed by atoms with van der Waals surface area (Å²) in [4.78, 5) is 16.8. The van der Waals surface area contributed by atoms with Gasteiger partial charge in [0.1, 0.15) is 0 Å².